The minimum absolute atomic E-state index is 0.0299. The fraction of sp³-hybridized carbons (Fsp3) is 0.660. The van der Waals surface area contributed by atoms with Crippen molar-refractivity contribution in [2.75, 3.05) is 112 Å². The number of aromatic nitrogens is 1. The molecular weight excluding hydrogens is 1080 g/mol. The molecule has 82 heavy (non-hydrogen) atoms. The summed E-state index contributed by atoms with van der Waals surface area (Å²) in [5.41, 5.74) is 1.72. The summed E-state index contributed by atoms with van der Waals surface area (Å²) in [6, 6.07) is -2.14. The fourth-order valence-electron chi connectivity index (χ4n) is 10.5. The van der Waals surface area contributed by atoms with Crippen molar-refractivity contribution >= 4 is 76.6 Å². The highest BCUT2D eigenvalue weighted by Crippen LogP contribution is 2.35. The quantitative estimate of drug-likeness (QED) is 0.0380. The molecule has 1 aromatic rings. The predicted octanol–water partition coefficient (Wildman–Crippen LogP) is -3.97. The Balaban J connectivity index is 0.912. The molecule has 0 radical (unpaired) electrons. The number of piperazine rings is 1. The number of ether oxygens (including phenoxy) is 2. The second-order valence-corrected chi connectivity index (χ2v) is 21.3. The maximum absolute atomic E-state index is 14.2. The number of rotatable bonds is 27. The zero-order valence-electron chi connectivity index (χ0n) is 46.7. The van der Waals surface area contributed by atoms with E-state index in [9.17, 15) is 72.9 Å². The van der Waals surface area contributed by atoms with Gasteiger partial charge in [0.2, 0.25) is 47.6 Å². The van der Waals surface area contributed by atoms with E-state index in [0.29, 0.717) is 77.4 Å². The van der Waals surface area contributed by atoms with Crippen LogP contribution in [0.15, 0.2) is 18.3 Å². The van der Waals surface area contributed by atoms with Crippen LogP contribution in [0.25, 0.3) is 5.57 Å². The number of nitrogens with zero attached hydrogens (tertiary/aromatic N) is 6. The largest absolute Gasteiger partial charge is 0.481 e. The summed E-state index contributed by atoms with van der Waals surface area (Å²) >= 11 is 0. The molecule has 3 saturated heterocycles. The molecule has 0 bridgehead atoms. The Morgan fingerprint density at radius 2 is 1.28 bits per heavy atom. The average Bonchev–Trinajstić information content (AvgIpc) is 3.34. The van der Waals surface area contributed by atoms with Crippen LogP contribution in [0.5, 0.6) is 0 Å². The number of aliphatic carboxylic acids is 3. The Morgan fingerprint density at radius 1 is 0.683 bits per heavy atom. The number of ketones is 1. The summed E-state index contributed by atoms with van der Waals surface area (Å²) in [6.07, 6.45) is 2.30. The molecule has 1 aromatic heterocycles. The SMILES string of the molecule is CCC(C)C(NC(=O)CCNC(=O)CCNC(=O)C(CCC(=O)O)NC(=O)CN1CCN(C(=O)CN2CCN(CC(=O)O)CCN(CC(=O)O)CC2)CC1)C(=O)N[C@H]1CCn2ccc3c2C(=C[C@@H](C(=O)N[C@H]2CC(=O)O[C@H]2OC)C3)C1=O. The smallest absolute Gasteiger partial charge is 0.317 e. The van der Waals surface area contributed by atoms with E-state index in [1.165, 1.54) is 7.11 Å². The summed E-state index contributed by atoms with van der Waals surface area (Å²) in [4.78, 5) is 162. The molecule has 7 atom stereocenters. The highest BCUT2D eigenvalue weighted by molar-refractivity contribution is 6.25. The van der Waals surface area contributed by atoms with Gasteiger partial charge in [0.1, 0.15) is 18.1 Å². The Bertz CT molecular complexity index is 2540. The van der Waals surface area contributed by atoms with E-state index in [4.69, 9.17) is 9.47 Å². The molecule has 4 aliphatic heterocycles. The number of amides is 7. The van der Waals surface area contributed by atoms with Crippen LogP contribution in [0.2, 0.25) is 0 Å². The lowest BCUT2D eigenvalue weighted by molar-refractivity contribution is -0.160. The number of methoxy groups -OCH3 is 1. The van der Waals surface area contributed by atoms with Gasteiger partial charge in [-0.25, -0.2) is 0 Å². The molecule has 7 amide bonds. The lowest BCUT2D eigenvalue weighted by atomic mass is 9.85. The van der Waals surface area contributed by atoms with E-state index in [1.807, 2.05) is 28.7 Å². The number of esters is 1. The highest BCUT2D eigenvalue weighted by Gasteiger charge is 2.41. The van der Waals surface area contributed by atoms with Crippen molar-refractivity contribution in [1.82, 2.24) is 61.0 Å². The molecule has 5 aliphatic rings. The number of carboxylic acids is 3. The van der Waals surface area contributed by atoms with Gasteiger partial charge in [-0.05, 0) is 36.8 Å². The summed E-state index contributed by atoms with van der Waals surface area (Å²) in [5.74, 6) is -8.82. The van der Waals surface area contributed by atoms with Crippen LogP contribution in [-0.4, -0.2) is 258 Å². The summed E-state index contributed by atoms with van der Waals surface area (Å²) in [6.45, 7) is 6.61. The first-order valence-corrected chi connectivity index (χ1v) is 27.8. The molecular formula is C53H78N12O17. The number of Topliss-reactive ketones (excluding diaryl/α,β-unsaturated/α-hetero) is 1. The van der Waals surface area contributed by atoms with Gasteiger partial charge in [0.05, 0.1) is 50.3 Å². The van der Waals surface area contributed by atoms with Gasteiger partial charge in [-0.1, -0.05) is 26.3 Å². The van der Waals surface area contributed by atoms with E-state index >= 15 is 0 Å². The summed E-state index contributed by atoms with van der Waals surface area (Å²) < 4.78 is 12.2. The normalized spacial score (nSPS) is 22.0. The molecule has 3 fully saturated rings. The molecule has 452 valence electrons. The Hall–Kier alpha value is -7.34. The third-order valence-electron chi connectivity index (χ3n) is 15.3. The maximum atomic E-state index is 14.2. The van der Waals surface area contributed by atoms with Gasteiger partial charge in [-0.3, -0.25) is 77.1 Å². The number of carbonyl (C=O) groups is 12. The third kappa shape index (κ3) is 18.9. The van der Waals surface area contributed by atoms with Crippen LogP contribution in [0.4, 0.5) is 0 Å². The van der Waals surface area contributed by atoms with Crippen LogP contribution in [0.3, 0.4) is 0 Å². The van der Waals surface area contributed by atoms with E-state index in [2.05, 4.69) is 31.9 Å². The van der Waals surface area contributed by atoms with Crippen LogP contribution in [0, 0.1) is 11.8 Å². The monoisotopic (exact) mass is 1150 g/mol. The summed E-state index contributed by atoms with van der Waals surface area (Å²) in [7, 11) is 1.36. The predicted molar refractivity (Wildman–Crippen MR) is 288 cm³/mol. The topological polar surface area (TPSA) is 377 Å². The maximum Gasteiger partial charge on any atom is 0.317 e. The van der Waals surface area contributed by atoms with Crippen LogP contribution < -0.4 is 31.9 Å². The minimum Gasteiger partial charge on any atom is -0.481 e. The summed E-state index contributed by atoms with van der Waals surface area (Å²) in [5, 5.41) is 44.2. The second-order valence-electron chi connectivity index (χ2n) is 21.3. The molecule has 9 N–H and O–H groups in total. The van der Waals surface area contributed by atoms with Crippen molar-refractivity contribution in [2.24, 2.45) is 11.8 Å². The number of hydrogen-bond donors (Lipinski definition) is 9. The van der Waals surface area contributed by atoms with Crippen molar-refractivity contribution in [3.05, 3.63) is 29.6 Å². The van der Waals surface area contributed by atoms with E-state index in [0.717, 1.165) is 5.56 Å². The Morgan fingerprint density at radius 3 is 1.89 bits per heavy atom. The van der Waals surface area contributed by atoms with Gasteiger partial charge in [0.15, 0.2) is 5.78 Å². The number of cyclic esters (lactones) is 1. The zero-order valence-corrected chi connectivity index (χ0v) is 46.7. The molecule has 5 heterocycles. The Kier molecular flexibility index (Phi) is 23.9. The molecule has 29 heteroatoms. The zero-order chi connectivity index (χ0) is 59.6. The first-order valence-electron chi connectivity index (χ1n) is 27.8. The van der Waals surface area contributed by atoms with Gasteiger partial charge >= 0.3 is 23.9 Å². The van der Waals surface area contributed by atoms with E-state index in [-0.39, 0.29) is 102 Å². The minimum atomic E-state index is -1.25. The van der Waals surface area contributed by atoms with Crippen molar-refractivity contribution in [1.29, 1.82) is 0 Å². The number of carboxylic acid groups (broad SMARTS) is 3. The van der Waals surface area contributed by atoms with Crippen molar-refractivity contribution in [3.8, 4) is 0 Å². The van der Waals surface area contributed by atoms with Gasteiger partial charge in [-0.2, -0.15) is 0 Å². The van der Waals surface area contributed by atoms with E-state index < -0.39 is 108 Å². The van der Waals surface area contributed by atoms with Gasteiger partial charge in [-0.15, -0.1) is 0 Å². The van der Waals surface area contributed by atoms with Gasteiger partial charge < -0.3 is 66.2 Å². The molecule has 0 aromatic carbocycles. The lowest BCUT2D eigenvalue weighted by Gasteiger charge is -2.36. The molecule has 1 aliphatic carbocycles. The van der Waals surface area contributed by atoms with Crippen LogP contribution in [0.1, 0.15) is 70.1 Å². The van der Waals surface area contributed by atoms with Gasteiger partial charge in [0.25, 0.3) is 0 Å². The standard InChI is InChI=1S/C53H78N12O17/c1-4-32(2)47(52(80)57-36-10-14-65-13-9-33-25-34(26-35(48(33)65)49(36)77)50(78)58-38-27-46(76)82-53(38)81-3)59-40(67)8-11-54-39(66)7-12-55-51(79)37(5-6-43(70)71)56-41(68)28-60-21-23-64(24-22-60)42(69)29-61-15-17-62(30-44(72)73)19-20-63(18-16-61)31-45(74)75/h9,13,26,32,34,36-38,47,53H,4-8,10-12,14-25,27-31H2,1-3H3,(H,54,66)(H,55,79)(H,56,68)(H,57,80)(H,58,78)(H,59,67)(H,70,71)(H,72,73)(H,74,75)/t32?,34-,36-,37?,38-,47?,53+/m0/s1. The Labute approximate surface area is 474 Å². The number of hydrogen-bond acceptors (Lipinski definition) is 18. The number of carbonyl (C=O) groups excluding carboxylic acids is 9. The van der Waals surface area contributed by atoms with Crippen molar-refractivity contribution in [2.45, 2.75) is 102 Å². The van der Waals surface area contributed by atoms with Crippen LogP contribution in [-0.2, 0) is 80.0 Å². The average molecular weight is 1160 g/mol. The van der Waals surface area contributed by atoms with Crippen molar-refractivity contribution in [3.63, 3.8) is 0 Å². The highest BCUT2D eigenvalue weighted by atomic mass is 16.7. The number of nitrogens with one attached hydrogen (secondary N) is 6. The third-order valence-corrected chi connectivity index (χ3v) is 15.3. The molecule has 6 rings (SSSR count). The van der Waals surface area contributed by atoms with Crippen LogP contribution >= 0.6 is 0 Å². The molecule has 0 saturated carbocycles. The van der Waals surface area contributed by atoms with Crippen molar-refractivity contribution < 1.29 is 82.3 Å². The van der Waals surface area contributed by atoms with Gasteiger partial charge in [0, 0.05) is 123 Å². The lowest BCUT2D eigenvalue weighted by Crippen LogP contribution is -2.55. The fourth-order valence-corrected chi connectivity index (χ4v) is 10.5. The molecule has 0 spiro atoms. The first-order chi connectivity index (χ1) is 39.1. The number of aryl methyl sites for hydroxylation is 1. The molecule has 3 unspecified atom stereocenters. The van der Waals surface area contributed by atoms with E-state index in [1.54, 1.807) is 32.6 Å². The second kappa shape index (κ2) is 30.6. The first kappa shape index (κ1) is 63.8. The molecule has 29 nitrogen and oxygen atoms in total.